The van der Waals surface area contributed by atoms with Crippen LogP contribution in [0, 0.1) is 0 Å². The topological polar surface area (TPSA) is 59.0 Å². The highest BCUT2D eigenvalue weighted by Crippen LogP contribution is 2.17. The van der Waals surface area contributed by atoms with Gasteiger partial charge in [-0.2, -0.15) is 0 Å². The molecule has 1 aliphatic heterocycles. The molecule has 0 unspecified atom stereocenters. The van der Waals surface area contributed by atoms with Gasteiger partial charge in [0.05, 0.1) is 5.69 Å². The van der Waals surface area contributed by atoms with Crippen molar-refractivity contribution in [3.8, 4) is 0 Å². The normalized spacial score (nSPS) is 14.3. The maximum absolute atomic E-state index is 11.8. The molecule has 18 heavy (non-hydrogen) atoms. The number of hydrogen-bond acceptors (Lipinski definition) is 3. The van der Waals surface area contributed by atoms with E-state index in [4.69, 9.17) is 0 Å². The van der Waals surface area contributed by atoms with Crippen molar-refractivity contribution in [1.82, 2.24) is 20.2 Å². The maximum atomic E-state index is 11.8. The molecule has 0 radical (unpaired) electrons. The van der Waals surface area contributed by atoms with Crippen LogP contribution in [-0.4, -0.2) is 28.5 Å². The summed E-state index contributed by atoms with van der Waals surface area (Å²) >= 11 is 0. The first kappa shape index (κ1) is 13.1. The Hall–Kier alpha value is -1.36. The second-order valence-corrected chi connectivity index (χ2v) is 4.64. The number of aryl methyl sites for hydroxylation is 1. The SMILES string of the molecule is CCCc1nc2c(n1CC(=O)NCC)CCNC2. The molecule has 5 nitrogen and oxygen atoms in total. The highest BCUT2D eigenvalue weighted by molar-refractivity contribution is 5.75. The predicted molar refractivity (Wildman–Crippen MR) is 70.3 cm³/mol. The van der Waals surface area contributed by atoms with Crippen LogP contribution >= 0.6 is 0 Å². The third-order valence-corrected chi connectivity index (χ3v) is 3.21. The van der Waals surface area contributed by atoms with Gasteiger partial charge in [-0.3, -0.25) is 4.79 Å². The molecule has 0 saturated heterocycles. The average Bonchev–Trinajstić information content (AvgIpc) is 2.69. The molecule has 0 aliphatic carbocycles. The van der Waals surface area contributed by atoms with Crippen molar-refractivity contribution < 1.29 is 4.79 Å². The summed E-state index contributed by atoms with van der Waals surface area (Å²) in [5.41, 5.74) is 2.36. The summed E-state index contributed by atoms with van der Waals surface area (Å²) in [5, 5.41) is 6.18. The summed E-state index contributed by atoms with van der Waals surface area (Å²) in [7, 11) is 0. The molecule has 1 aliphatic rings. The Morgan fingerprint density at radius 2 is 2.33 bits per heavy atom. The van der Waals surface area contributed by atoms with Crippen molar-refractivity contribution in [3.63, 3.8) is 0 Å². The lowest BCUT2D eigenvalue weighted by Gasteiger charge is -2.15. The largest absolute Gasteiger partial charge is 0.355 e. The molecule has 0 spiro atoms. The van der Waals surface area contributed by atoms with Crippen molar-refractivity contribution in [1.29, 1.82) is 0 Å². The molecular formula is C13H22N4O. The maximum Gasteiger partial charge on any atom is 0.239 e. The summed E-state index contributed by atoms with van der Waals surface area (Å²) in [6.07, 6.45) is 2.95. The van der Waals surface area contributed by atoms with Crippen LogP contribution in [0.1, 0.15) is 37.5 Å². The van der Waals surface area contributed by atoms with Crippen molar-refractivity contribution >= 4 is 5.91 Å². The first-order valence-corrected chi connectivity index (χ1v) is 6.80. The van der Waals surface area contributed by atoms with E-state index in [0.29, 0.717) is 13.1 Å². The molecule has 1 aromatic rings. The van der Waals surface area contributed by atoms with E-state index < -0.39 is 0 Å². The number of fused-ring (bicyclic) bond motifs is 1. The van der Waals surface area contributed by atoms with Crippen molar-refractivity contribution in [2.24, 2.45) is 0 Å². The summed E-state index contributed by atoms with van der Waals surface area (Å²) in [6, 6.07) is 0. The van der Waals surface area contributed by atoms with Crippen LogP contribution in [-0.2, 0) is 30.7 Å². The molecule has 100 valence electrons. The van der Waals surface area contributed by atoms with Gasteiger partial charge in [0.15, 0.2) is 0 Å². The van der Waals surface area contributed by atoms with Crippen molar-refractivity contribution in [2.45, 2.75) is 46.2 Å². The number of carbonyl (C=O) groups is 1. The van der Waals surface area contributed by atoms with Crippen LogP contribution in [0.2, 0.25) is 0 Å². The number of likely N-dealkylation sites (N-methyl/N-ethyl adjacent to an activating group) is 1. The molecular weight excluding hydrogens is 228 g/mol. The fourth-order valence-electron chi connectivity index (χ4n) is 2.42. The Morgan fingerprint density at radius 3 is 3.06 bits per heavy atom. The van der Waals surface area contributed by atoms with Gasteiger partial charge in [-0.1, -0.05) is 6.92 Å². The number of carbonyl (C=O) groups excluding carboxylic acids is 1. The standard InChI is InChI=1S/C13H22N4O/c1-3-5-12-16-10-8-14-7-6-11(10)17(12)9-13(18)15-4-2/h14H,3-9H2,1-2H3,(H,15,18). The zero-order valence-corrected chi connectivity index (χ0v) is 11.3. The van der Waals surface area contributed by atoms with E-state index in [1.54, 1.807) is 0 Å². The van der Waals surface area contributed by atoms with E-state index in [1.165, 1.54) is 5.69 Å². The smallest absolute Gasteiger partial charge is 0.239 e. The minimum absolute atomic E-state index is 0.0774. The van der Waals surface area contributed by atoms with Gasteiger partial charge >= 0.3 is 0 Å². The Labute approximate surface area is 108 Å². The van der Waals surface area contributed by atoms with Crippen LogP contribution in [0.3, 0.4) is 0 Å². The van der Waals surface area contributed by atoms with Gasteiger partial charge in [-0.15, -0.1) is 0 Å². The molecule has 2 heterocycles. The van der Waals surface area contributed by atoms with E-state index in [1.807, 2.05) is 6.92 Å². The Bertz CT molecular complexity index is 425. The van der Waals surface area contributed by atoms with Crippen LogP contribution < -0.4 is 10.6 Å². The second kappa shape index (κ2) is 6.00. The predicted octanol–water partition coefficient (Wildman–Crippen LogP) is 0.617. The van der Waals surface area contributed by atoms with Crippen LogP contribution in [0.4, 0.5) is 0 Å². The molecule has 0 fully saturated rings. The van der Waals surface area contributed by atoms with Crippen LogP contribution in [0.15, 0.2) is 0 Å². The van der Waals surface area contributed by atoms with Crippen molar-refractivity contribution in [2.75, 3.05) is 13.1 Å². The number of nitrogens with zero attached hydrogens (tertiary/aromatic N) is 2. The minimum Gasteiger partial charge on any atom is -0.355 e. The fourth-order valence-corrected chi connectivity index (χ4v) is 2.42. The van der Waals surface area contributed by atoms with Gasteiger partial charge in [0, 0.05) is 38.2 Å². The number of amides is 1. The number of rotatable bonds is 5. The number of imidazole rings is 1. The van der Waals surface area contributed by atoms with Gasteiger partial charge in [-0.25, -0.2) is 4.98 Å². The third kappa shape index (κ3) is 2.72. The number of aromatic nitrogens is 2. The first-order chi connectivity index (χ1) is 8.76. The van der Waals surface area contributed by atoms with Gasteiger partial charge in [0.25, 0.3) is 0 Å². The number of hydrogen-bond donors (Lipinski definition) is 2. The molecule has 0 aromatic carbocycles. The lowest BCUT2D eigenvalue weighted by molar-refractivity contribution is -0.121. The molecule has 1 amide bonds. The van der Waals surface area contributed by atoms with Crippen LogP contribution in [0.25, 0.3) is 0 Å². The summed E-state index contributed by atoms with van der Waals surface area (Å²) in [5.74, 6) is 1.13. The molecule has 0 saturated carbocycles. The van der Waals surface area contributed by atoms with E-state index >= 15 is 0 Å². The lowest BCUT2D eigenvalue weighted by Crippen LogP contribution is -2.30. The van der Waals surface area contributed by atoms with E-state index in [2.05, 4.69) is 27.1 Å². The highest BCUT2D eigenvalue weighted by Gasteiger charge is 2.20. The van der Waals surface area contributed by atoms with E-state index in [-0.39, 0.29) is 5.91 Å². The molecule has 2 N–H and O–H groups in total. The molecule has 0 bridgehead atoms. The molecule has 0 atom stereocenters. The first-order valence-electron chi connectivity index (χ1n) is 6.80. The molecule has 2 rings (SSSR count). The Morgan fingerprint density at radius 1 is 1.50 bits per heavy atom. The third-order valence-electron chi connectivity index (χ3n) is 3.21. The molecule has 5 heteroatoms. The van der Waals surface area contributed by atoms with E-state index in [9.17, 15) is 4.79 Å². The van der Waals surface area contributed by atoms with Gasteiger partial charge in [0.1, 0.15) is 12.4 Å². The van der Waals surface area contributed by atoms with E-state index in [0.717, 1.165) is 43.9 Å². The summed E-state index contributed by atoms with van der Waals surface area (Å²) in [4.78, 5) is 16.5. The van der Waals surface area contributed by atoms with Gasteiger partial charge in [0.2, 0.25) is 5.91 Å². The quantitative estimate of drug-likeness (QED) is 0.805. The zero-order valence-electron chi connectivity index (χ0n) is 11.3. The lowest BCUT2D eigenvalue weighted by atomic mass is 10.2. The Kier molecular flexibility index (Phi) is 4.36. The summed E-state index contributed by atoms with van der Waals surface area (Å²) < 4.78 is 2.12. The van der Waals surface area contributed by atoms with Crippen LogP contribution in [0.5, 0.6) is 0 Å². The monoisotopic (exact) mass is 250 g/mol. The van der Waals surface area contributed by atoms with Gasteiger partial charge < -0.3 is 15.2 Å². The van der Waals surface area contributed by atoms with Crippen molar-refractivity contribution in [3.05, 3.63) is 17.2 Å². The zero-order chi connectivity index (χ0) is 13.0. The molecule has 1 aromatic heterocycles. The van der Waals surface area contributed by atoms with Gasteiger partial charge in [-0.05, 0) is 13.3 Å². The average molecular weight is 250 g/mol. The Balaban J connectivity index is 2.24. The highest BCUT2D eigenvalue weighted by atomic mass is 16.1. The fraction of sp³-hybridized carbons (Fsp3) is 0.692. The summed E-state index contributed by atoms with van der Waals surface area (Å²) in [6.45, 7) is 6.97. The minimum atomic E-state index is 0.0774. The number of nitrogens with one attached hydrogen (secondary N) is 2. The second-order valence-electron chi connectivity index (χ2n) is 4.64.